The molecule has 0 bridgehead atoms. The van der Waals surface area contributed by atoms with E-state index in [0.29, 0.717) is 18.7 Å². The zero-order valence-corrected chi connectivity index (χ0v) is 13.8. The van der Waals surface area contributed by atoms with Crippen LogP contribution in [0.25, 0.3) is 0 Å². The molecule has 4 heteroatoms. The molecular weight excluding hydrogens is 291 g/mol. The maximum Gasteiger partial charge on any atom is 0.234 e. The number of nitrogens with one attached hydrogen (secondary N) is 1. The first-order valence-corrected chi connectivity index (χ1v) is 7.74. The summed E-state index contributed by atoms with van der Waals surface area (Å²) in [7, 11) is 1.93. The fourth-order valence-electron chi connectivity index (χ4n) is 2.42. The van der Waals surface area contributed by atoms with Crippen molar-refractivity contribution in [3.63, 3.8) is 0 Å². The van der Waals surface area contributed by atoms with Crippen LogP contribution in [0.4, 0.5) is 4.39 Å². The topological polar surface area (TPSA) is 32.3 Å². The van der Waals surface area contributed by atoms with Crippen LogP contribution in [0.2, 0.25) is 0 Å². The number of amides is 1. The van der Waals surface area contributed by atoms with Gasteiger partial charge in [0, 0.05) is 12.6 Å². The quantitative estimate of drug-likeness (QED) is 0.886. The number of rotatable bonds is 6. The molecular formula is C19H23FN2O. The molecule has 0 aliphatic heterocycles. The van der Waals surface area contributed by atoms with Crippen LogP contribution >= 0.6 is 0 Å². The smallest absolute Gasteiger partial charge is 0.234 e. The van der Waals surface area contributed by atoms with Gasteiger partial charge in [0.25, 0.3) is 0 Å². The molecule has 2 aromatic rings. The first-order valence-electron chi connectivity index (χ1n) is 7.74. The first kappa shape index (κ1) is 17.2. The summed E-state index contributed by atoms with van der Waals surface area (Å²) in [6, 6.07) is 15.1. The Morgan fingerprint density at radius 3 is 2.57 bits per heavy atom. The van der Waals surface area contributed by atoms with E-state index in [4.69, 9.17) is 0 Å². The summed E-state index contributed by atoms with van der Waals surface area (Å²) in [5.74, 6) is -0.270. The molecule has 2 aromatic carbocycles. The van der Waals surface area contributed by atoms with E-state index in [-0.39, 0.29) is 17.8 Å². The standard InChI is InChI=1S/C19H23FN2O/c1-14-11-16(9-10-18(14)20)12-21-19(23)13-22(3)15(2)17-7-5-4-6-8-17/h4-11,15H,12-13H2,1-3H3,(H,21,23)/t15-/m0/s1. The summed E-state index contributed by atoms with van der Waals surface area (Å²) in [5, 5.41) is 2.88. The van der Waals surface area contributed by atoms with E-state index in [0.717, 1.165) is 5.56 Å². The number of nitrogens with zero attached hydrogens (tertiary/aromatic N) is 1. The van der Waals surface area contributed by atoms with E-state index in [1.807, 2.05) is 30.1 Å². The summed E-state index contributed by atoms with van der Waals surface area (Å²) >= 11 is 0. The van der Waals surface area contributed by atoms with Crippen LogP contribution in [0.1, 0.15) is 29.7 Å². The Hall–Kier alpha value is -2.20. The second-order valence-corrected chi connectivity index (χ2v) is 5.86. The number of aryl methyl sites for hydroxylation is 1. The van der Waals surface area contributed by atoms with Gasteiger partial charge in [-0.15, -0.1) is 0 Å². The van der Waals surface area contributed by atoms with Crippen molar-refractivity contribution in [1.82, 2.24) is 10.2 Å². The van der Waals surface area contributed by atoms with Crippen LogP contribution in [-0.4, -0.2) is 24.4 Å². The van der Waals surface area contributed by atoms with Crippen LogP contribution in [0.3, 0.4) is 0 Å². The fraction of sp³-hybridized carbons (Fsp3) is 0.316. The van der Waals surface area contributed by atoms with Crippen molar-refractivity contribution in [1.29, 1.82) is 0 Å². The largest absolute Gasteiger partial charge is 0.351 e. The van der Waals surface area contributed by atoms with E-state index in [1.54, 1.807) is 19.1 Å². The number of hydrogen-bond acceptors (Lipinski definition) is 2. The van der Waals surface area contributed by atoms with Crippen molar-refractivity contribution >= 4 is 5.91 Å². The van der Waals surface area contributed by atoms with Crippen LogP contribution in [0.5, 0.6) is 0 Å². The average Bonchev–Trinajstić information content (AvgIpc) is 2.56. The molecule has 0 aliphatic rings. The summed E-state index contributed by atoms with van der Waals surface area (Å²) in [6.07, 6.45) is 0. The van der Waals surface area contributed by atoms with Gasteiger partial charge in [0.2, 0.25) is 5.91 Å². The monoisotopic (exact) mass is 314 g/mol. The van der Waals surface area contributed by atoms with Crippen molar-refractivity contribution < 1.29 is 9.18 Å². The molecule has 2 rings (SSSR count). The Labute approximate surface area is 137 Å². The first-order chi connectivity index (χ1) is 11.0. The molecule has 0 aromatic heterocycles. The van der Waals surface area contributed by atoms with Gasteiger partial charge in [0.1, 0.15) is 5.82 Å². The van der Waals surface area contributed by atoms with E-state index in [1.165, 1.54) is 11.6 Å². The Balaban J connectivity index is 1.85. The van der Waals surface area contributed by atoms with Crippen molar-refractivity contribution in [3.8, 4) is 0 Å². The molecule has 0 fully saturated rings. The maximum atomic E-state index is 13.2. The molecule has 3 nitrogen and oxygen atoms in total. The van der Waals surface area contributed by atoms with Gasteiger partial charge in [-0.2, -0.15) is 0 Å². The molecule has 0 unspecified atom stereocenters. The van der Waals surface area contributed by atoms with Gasteiger partial charge in [-0.3, -0.25) is 9.69 Å². The molecule has 0 spiro atoms. The highest BCUT2D eigenvalue weighted by atomic mass is 19.1. The minimum absolute atomic E-state index is 0.0442. The van der Waals surface area contributed by atoms with Gasteiger partial charge >= 0.3 is 0 Å². The minimum Gasteiger partial charge on any atom is -0.351 e. The normalized spacial score (nSPS) is 12.2. The summed E-state index contributed by atoms with van der Waals surface area (Å²) in [6.45, 7) is 4.52. The number of hydrogen-bond donors (Lipinski definition) is 1. The molecule has 122 valence electrons. The third-order valence-electron chi connectivity index (χ3n) is 4.05. The number of carbonyl (C=O) groups excluding carboxylic acids is 1. The van der Waals surface area contributed by atoms with Gasteiger partial charge in [-0.1, -0.05) is 42.5 Å². The summed E-state index contributed by atoms with van der Waals surface area (Å²) in [4.78, 5) is 14.1. The highest BCUT2D eigenvalue weighted by Gasteiger charge is 2.14. The molecule has 1 N–H and O–H groups in total. The van der Waals surface area contributed by atoms with Crippen LogP contribution in [-0.2, 0) is 11.3 Å². The van der Waals surface area contributed by atoms with E-state index < -0.39 is 0 Å². The van der Waals surface area contributed by atoms with Crippen LogP contribution < -0.4 is 5.32 Å². The van der Waals surface area contributed by atoms with Crippen molar-refractivity contribution in [2.75, 3.05) is 13.6 Å². The number of benzene rings is 2. The molecule has 0 heterocycles. The van der Waals surface area contributed by atoms with Gasteiger partial charge in [-0.25, -0.2) is 4.39 Å². The Morgan fingerprint density at radius 1 is 1.22 bits per heavy atom. The molecule has 1 amide bonds. The molecule has 23 heavy (non-hydrogen) atoms. The highest BCUT2D eigenvalue weighted by Crippen LogP contribution is 2.17. The summed E-state index contributed by atoms with van der Waals surface area (Å²) < 4.78 is 13.2. The Kier molecular flexibility index (Phi) is 5.88. The molecule has 1 atom stereocenters. The average molecular weight is 314 g/mol. The van der Waals surface area contributed by atoms with E-state index in [9.17, 15) is 9.18 Å². The number of halogens is 1. The number of likely N-dealkylation sites (N-methyl/N-ethyl adjacent to an activating group) is 1. The van der Waals surface area contributed by atoms with E-state index >= 15 is 0 Å². The second-order valence-electron chi connectivity index (χ2n) is 5.86. The minimum atomic E-state index is -0.225. The van der Waals surface area contributed by atoms with E-state index in [2.05, 4.69) is 24.4 Å². The zero-order valence-electron chi connectivity index (χ0n) is 13.8. The summed E-state index contributed by atoms with van der Waals surface area (Å²) in [5.41, 5.74) is 2.67. The third-order valence-corrected chi connectivity index (χ3v) is 4.05. The predicted molar refractivity (Wildman–Crippen MR) is 90.5 cm³/mol. The van der Waals surface area contributed by atoms with Gasteiger partial charge in [-0.05, 0) is 43.7 Å². The van der Waals surface area contributed by atoms with Crippen LogP contribution in [0.15, 0.2) is 48.5 Å². The van der Waals surface area contributed by atoms with Gasteiger partial charge in [0.15, 0.2) is 0 Å². The van der Waals surface area contributed by atoms with Crippen LogP contribution in [0, 0.1) is 12.7 Å². The lowest BCUT2D eigenvalue weighted by molar-refractivity contribution is -0.122. The SMILES string of the molecule is Cc1cc(CNC(=O)CN(C)[C@@H](C)c2ccccc2)ccc1F. The third kappa shape index (κ3) is 4.89. The van der Waals surface area contributed by atoms with Crippen molar-refractivity contribution in [2.45, 2.75) is 26.4 Å². The second kappa shape index (κ2) is 7.88. The van der Waals surface area contributed by atoms with Gasteiger partial charge in [0.05, 0.1) is 6.54 Å². The Bertz CT molecular complexity index is 658. The van der Waals surface area contributed by atoms with Gasteiger partial charge < -0.3 is 5.32 Å². The van der Waals surface area contributed by atoms with Crippen molar-refractivity contribution in [3.05, 3.63) is 71.0 Å². The lowest BCUT2D eigenvalue weighted by atomic mass is 10.1. The maximum absolute atomic E-state index is 13.2. The predicted octanol–water partition coefficient (Wildman–Crippen LogP) is 3.44. The molecule has 0 saturated carbocycles. The molecule has 0 saturated heterocycles. The molecule has 0 aliphatic carbocycles. The highest BCUT2D eigenvalue weighted by molar-refractivity contribution is 5.78. The van der Waals surface area contributed by atoms with Crippen molar-refractivity contribution in [2.24, 2.45) is 0 Å². The number of carbonyl (C=O) groups is 1. The lowest BCUT2D eigenvalue weighted by Crippen LogP contribution is -2.36. The zero-order chi connectivity index (χ0) is 16.8. The molecule has 0 radical (unpaired) electrons. The lowest BCUT2D eigenvalue weighted by Gasteiger charge is -2.24. The Morgan fingerprint density at radius 2 is 1.91 bits per heavy atom. The fourth-order valence-corrected chi connectivity index (χ4v) is 2.42.